The van der Waals surface area contributed by atoms with Crippen LogP contribution in [0.3, 0.4) is 0 Å². The highest BCUT2D eigenvalue weighted by Gasteiger charge is 2.17. The van der Waals surface area contributed by atoms with Crippen molar-refractivity contribution in [2.45, 2.75) is 13.5 Å². The van der Waals surface area contributed by atoms with Crippen molar-refractivity contribution in [2.24, 2.45) is 7.05 Å². The molecule has 0 aliphatic carbocycles. The molecule has 152 valence electrons. The SMILES string of the molecule is Cc1cccc(COC(=O)Nc2c(-c3ccc(NS(C)(=O)=O)cn3)nnn2C)c1. The molecule has 0 fully saturated rings. The van der Waals surface area contributed by atoms with Crippen molar-refractivity contribution >= 4 is 27.6 Å². The maximum absolute atomic E-state index is 12.2. The summed E-state index contributed by atoms with van der Waals surface area (Å²) in [6.07, 6.45) is 1.74. The summed E-state index contributed by atoms with van der Waals surface area (Å²) in [5.74, 6) is 0.301. The maximum Gasteiger partial charge on any atom is 0.413 e. The Morgan fingerprint density at radius 2 is 2.03 bits per heavy atom. The van der Waals surface area contributed by atoms with Gasteiger partial charge in [-0.3, -0.25) is 15.0 Å². The summed E-state index contributed by atoms with van der Waals surface area (Å²) in [6.45, 7) is 2.08. The van der Waals surface area contributed by atoms with Gasteiger partial charge < -0.3 is 4.74 Å². The van der Waals surface area contributed by atoms with Gasteiger partial charge in [0.1, 0.15) is 6.61 Å². The zero-order valence-corrected chi connectivity index (χ0v) is 16.9. The van der Waals surface area contributed by atoms with Crippen molar-refractivity contribution in [2.75, 3.05) is 16.3 Å². The third-order valence-electron chi connectivity index (χ3n) is 3.81. The molecule has 1 aromatic carbocycles. The van der Waals surface area contributed by atoms with Gasteiger partial charge in [-0.05, 0) is 24.6 Å². The molecule has 0 aliphatic heterocycles. The first-order valence-corrected chi connectivity index (χ1v) is 10.4. The van der Waals surface area contributed by atoms with E-state index in [2.05, 4.69) is 25.3 Å². The quantitative estimate of drug-likeness (QED) is 0.631. The topological polar surface area (TPSA) is 128 Å². The summed E-state index contributed by atoms with van der Waals surface area (Å²) in [7, 11) is -1.78. The molecule has 2 aromatic heterocycles. The molecule has 1 amide bonds. The second kappa shape index (κ2) is 8.27. The summed E-state index contributed by atoms with van der Waals surface area (Å²) >= 11 is 0. The molecule has 0 saturated carbocycles. The van der Waals surface area contributed by atoms with Crippen molar-refractivity contribution in [1.29, 1.82) is 0 Å². The van der Waals surface area contributed by atoms with Gasteiger partial charge in [-0.2, -0.15) is 0 Å². The zero-order chi connectivity index (χ0) is 21.0. The monoisotopic (exact) mass is 416 g/mol. The fraction of sp³-hybridized carbons (Fsp3) is 0.222. The summed E-state index contributed by atoms with van der Waals surface area (Å²) in [6, 6.07) is 10.8. The normalized spacial score (nSPS) is 11.1. The highest BCUT2D eigenvalue weighted by Crippen LogP contribution is 2.24. The van der Waals surface area contributed by atoms with E-state index in [1.807, 2.05) is 31.2 Å². The predicted molar refractivity (Wildman–Crippen MR) is 108 cm³/mol. The fourth-order valence-electron chi connectivity index (χ4n) is 2.56. The van der Waals surface area contributed by atoms with Crippen LogP contribution in [0.4, 0.5) is 16.3 Å². The van der Waals surface area contributed by atoms with E-state index in [0.717, 1.165) is 17.4 Å². The number of ether oxygens (including phenoxy) is 1. The van der Waals surface area contributed by atoms with Gasteiger partial charge in [0.25, 0.3) is 0 Å². The summed E-state index contributed by atoms with van der Waals surface area (Å²) in [5.41, 5.74) is 2.99. The molecular weight excluding hydrogens is 396 g/mol. The highest BCUT2D eigenvalue weighted by molar-refractivity contribution is 7.92. The van der Waals surface area contributed by atoms with E-state index >= 15 is 0 Å². The van der Waals surface area contributed by atoms with Crippen LogP contribution in [0, 0.1) is 6.92 Å². The second-order valence-corrected chi connectivity index (χ2v) is 8.16. The highest BCUT2D eigenvalue weighted by atomic mass is 32.2. The van der Waals surface area contributed by atoms with E-state index in [1.54, 1.807) is 13.1 Å². The number of nitrogens with one attached hydrogen (secondary N) is 2. The number of aryl methyl sites for hydroxylation is 2. The number of pyridine rings is 1. The number of nitrogens with zero attached hydrogens (tertiary/aromatic N) is 4. The average molecular weight is 416 g/mol. The number of carbonyl (C=O) groups excluding carboxylic acids is 1. The molecule has 11 heteroatoms. The van der Waals surface area contributed by atoms with Gasteiger partial charge >= 0.3 is 6.09 Å². The van der Waals surface area contributed by atoms with Gasteiger partial charge in [-0.1, -0.05) is 35.0 Å². The lowest BCUT2D eigenvalue weighted by Gasteiger charge is -2.09. The lowest BCUT2D eigenvalue weighted by Crippen LogP contribution is -2.16. The Kier molecular flexibility index (Phi) is 5.78. The number of hydrogen-bond donors (Lipinski definition) is 2. The molecular formula is C18H20N6O4S. The molecule has 3 rings (SSSR count). The number of aromatic nitrogens is 4. The molecule has 0 saturated heterocycles. The molecule has 2 N–H and O–H groups in total. The lowest BCUT2D eigenvalue weighted by atomic mass is 10.1. The summed E-state index contributed by atoms with van der Waals surface area (Å²) < 4.78 is 31.6. The van der Waals surface area contributed by atoms with E-state index in [-0.39, 0.29) is 6.61 Å². The molecule has 10 nitrogen and oxygen atoms in total. The average Bonchev–Trinajstić information content (AvgIpc) is 3.00. The zero-order valence-electron chi connectivity index (χ0n) is 16.1. The van der Waals surface area contributed by atoms with Crippen LogP contribution in [0.15, 0.2) is 42.6 Å². The molecule has 0 unspecified atom stereocenters. The first kappa shape index (κ1) is 20.3. The van der Waals surface area contributed by atoms with Gasteiger partial charge in [-0.15, -0.1) is 5.10 Å². The molecule has 0 spiro atoms. The molecule has 3 aromatic rings. The van der Waals surface area contributed by atoms with Crippen LogP contribution in [0.5, 0.6) is 0 Å². The van der Waals surface area contributed by atoms with Crippen LogP contribution in [0.1, 0.15) is 11.1 Å². The van der Waals surface area contributed by atoms with Crippen molar-refractivity contribution in [1.82, 2.24) is 20.0 Å². The second-order valence-electron chi connectivity index (χ2n) is 6.41. The molecule has 0 atom stereocenters. The van der Waals surface area contributed by atoms with Gasteiger partial charge in [0.15, 0.2) is 11.5 Å². The van der Waals surface area contributed by atoms with E-state index in [4.69, 9.17) is 4.74 Å². The Bertz CT molecular complexity index is 1130. The lowest BCUT2D eigenvalue weighted by molar-refractivity contribution is 0.155. The fourth-order valence-corrected chi connectivity index (χ4v) is 3.11. The predicted octanol–water partition coefficient (Wildman–Crippen LogP) is 2.31. The number of amides is 1. The molecule has 2 heterocycles. The Labute approximate surface area is 168 Å². The van der Waals surface area contributed by atoms with Crippen molar-refractivity contribution in [3.8, 4) is 11.4 Å². The van der Waals surface area contributed by atoms with E-state index in [9.17, 15) is 13.2 Å². The Balaban J connectivity index is 1.71. The standard InChI is InChI=1S/C18H20N6O4S/c1-12-5-4-6-13(9-12)11-28-18(25)20-17-16(21-23-24(17)2)15-8-7-14(10-19-15)22-29(3,26)27/h4-10,22H,11H2,1-3H3,(H,20,25). The van der Waals surface area contributed by atoms with Crippen LogP contribution < -0.4 is 10.0 Å². The molecule has 0 aliphatic rings. The van der Waals surface area contributed by atoms with Crippen LogP contribution in [-0.2, 0) is 28.4 Å². The van der Waals surface area contributed by atoms with Crippen LogP contribution >= 0.6 is 0 Å². The Morgan fingerprint density at radius 3 is 2.69 bits per heavy atom. The first-order chi connectivity index (χ1) is 13.7. The number of carbonyl (C=O) groups is 1. The van der Waals surface area contributed by atoms with E-state index < -0.39 is 16.1 Å². The van der Waals surface area contributed by atoms with Gasteiger partial charge in [0.2, 0.25) is 10.0 Å². The van der Waals surface area contributed by atoms with Gasteiger partial charge in [-0.25, -0.2) is 17.9 Å². The minimum atomic E-state index is -3.40. The van der Waals surface area contributed by atoms with Gasteiger partial charge in [0.05, 0.1) is 23.8 Å². The van der Waals surface area contributed by atoms with Crippen LogP contribution in [-0.4, -0.2) is 40.7 Å². The summed E-state index contributed by atoms with van der Waals surface area (Å²) in [5, 5.41) is 10.5. The van der Waals surface area contributed by atoms with E-state index in [1.165, 1.54) is 16.9 Å². The third-order valence-corrected chi connectivity index (χ3v) is 4.42. The summed E-state index contributed by atoms with van der Waals surface area (Å²) in [4.78, 5) is 16.4. The van der Waals surface area contributed by atoms with Crippen molar-refractivity contribution in [3.05, 3.63) is 53.7 Å². The van der Waals surface area contributed by atoms with Crippen LogP contribution in [0.25, 0.3) is 11.4 Å². The van der Waals surface area contributed by atoms with E-state index in [0.29, 0.717) is 22.9 Å². The number of rotatable bonds is 6. The molecule has 0 radical (unpaired) electrons. The minimum Gasteiger partial charge on any atom is -0.444 e. The number of hydrogen-bond acceptors (Lipinski definition) is 7. The largest absolute Gasteiger partial charge is 0.444 e. The maximum atomic E-state index is 12.2. The smallest absolute Gasteiger partial charge is 0.413 e. The Hall–Kier alpha value is -3.47. The van der Waals surface area contributed by atoms with Gasteiger partial charge in [0, 0.05) is 7.05 Å². The number of benzene rings is 1. The number of sulfonamides is 1. The minimum absolute atomic E-state index is 0.123. The third kappa shape index (κ3) is 5.51. The van der Waals surface area contributed by atoms with Crippen molar-refractivity contribution < 1.29 is 17.9 Å². The molecule has 0 bridgehead atoms. The Morgan fingerprint density at radius 1 is 1.24 bits per heavy atom. The number of anilines is 2. The van der Waals surface area contributed by atoms with Crippen molar-refractivity contribution in [3.63, 3.8) is 0 Å². The molecule has 29 heavy (non-hydrogen) atoms. The van der Waals surface area contributed by atoms with Crippen LogP contribution in [0.2, 0.25) is 0 Å². The first-order valence-electron chi connectivity index (χ1n) is 8.54.